The maximum atomic E-state index is 14.8. The van der Waals surface area contributed by atoms with Crippen molar-refractivity contribution in [2.24, 2.45) is 0 Å². The molecule has 0 radical (unpaired) electrons. The number of halogens is 1. The molecule has 1 aromatic heterocycles. The molecule has 0 unspecified atom stereocenters. The number of hydrogen-bond acceptors (Lipinski definition) is 5. The number of rotatable bonds is 5. The molecule has 1 N–H and O–H groups in total. The van der Waals surface area contributed by atoms with Crippen molar-refractivity contribution in [1.82, 2.24) is 20.0 Å². The summed E-state index contributed by atoms with van der Waals surface area (Å²) < 4.78 is 14.8. The van der Waals surface area contributed by atoms with Crippen molar-refractivity contribution in [1.29, 1.82) is 0 Å². The molecule has 4 aromatic rings. The smallest absolute Gasteiger partial charge is 0.295 e. The van der Waals surface area contributed by atoms with Crippen molar-refractivity contribution < 1.29 is 18.8 Å². The molecule has 2 atom stereocenters. The van der Waals surface area contributed by atoms with E-state index in [0.29, 0.717) is 40.4 Å². The number of aromatic amines is 1. The Morgan fingerprint density at radius 1 is 0.895 bits per heavy atom. The third kappa shape index (κ3) is 4.06. The molecule has 2 aliphatic heterocycles. The number of fused-ring (bicyclic) bond motifs is 3. The van der Waals surface area contributed by atoms with Gasteiger partial charge in [-0.2, -0.15) is 5.10 Å². The molecule has 2 bridgehead atoms. The topological polar surface area (TPSA) is 103 Å². The summed E-state index contributed by atoms with van der Waals surface area (Å²) in [5, 5.41) is 7.87. The van der Waals surface area contributed by atoms with Crippen LogP contribution in [0.25, 0.3) is 10.8 Å². The van der Waals surface area contributed by atoms with E-state index in [4.69, 9.17) is 0 Å². The first-order valence-electron chi connectivity index (χ1n) is 12.4. The van der Waals surface area contributed by atoms with E-state index in [1.54, 1.807) is 59.5 Å². The van der Waals surface area contributed by atoms with E-state index in [1.807, 2.05) is 6.07 Å². The molecule has 2 saturated heterocycles. The summed E-state index contributed by atoms with van der Waals surface area (Å²) in [6.45, 7) is 0.482. The fourth-order valence-electron chi connectivity index (χ4n) is 5.51. The Labute approximate surface area is 216 Å². The first-order valence-corrected chi connectivity index (χ1v) is 12.4. The van der Waals surface area contributed by atoms with Crippen LogP contribution in [-0.2, 0) is 11.2 Å². The van der Waals surface area contributed by atoms with E-state index >= 15 is 0 Å². The molecular formula is C29H23FN4O4. The van der Waals surface area contributed by atoms with Crippen molar-refractivity contribution >= 4 is 28.4 Å². The lowest BCUT2D eigenvalue weighted by Crippen LogP contribution is -2.52. The number of nitrogens with one attached hydrogen (secondary N) is 1. The third-order valence-electron chi connectivity index (χ3n) is 7.40. The Morgan fingerprint density at radius 2 is 1.58 bits per heavy atom. The highest BCUT2D eigenvalue weighted by molar-refractivity contribution is 6.42. The van der Waals surface area contributed by atoms with Gasteiger partial charge in [0.05, 0.1) is 28.7 Å². The summed E-state index contributed by atoms with van der Waals surface area (Å²) in [7, 11) is 0. The quantitative estimate of drug-likeness (QED) is 0.329. The number of piperazine rings is 1. The van der Waals surface area contributed by atoms with Crippen LogP contribution in [0.1, 0.15) is 38.4 Å². The number of amides is 2. The lowest BCUT2D eigenvalue weighted by molar-refractivity contribution is -0.128. The highest BCUT2D eigenvalue weighted by atomic mass is 19.1. The fourth-order valence-corrected chi connectivity index (χ4v) is 5.51. The molecule has 6 rings (SSSR count). The van der Waals surface area contributed by atoms with E-state index < -0.39 is 23.4 Å². The predicted octanol–water partition coefficient (Wildman–Crippen LogP) is 2.96. The fraction of sp³-hybridized carbons (Fsp3) is 0.207. The summed E-state index contributed by atoms with van der Waals surface area (Å²) in [4.78, 5) is 54.1. The molecule has 0 spiro atoms. The average molecular weight is 511 g/mol. The minimum absolute atomic E-state index is 0.0537. The lowest BCUT2D eigenvalue weighted by atomic mass is 10.0. The minimum Gasteiger partial charge on any atom is -0.332 e. The van der Waals surface area contributed by atoms with E-state index in [9.17, 15) is 23.6 Å². The Bertz CT molecular complexity index is 1650. The summed E-state index contributed by atoms with van der Waals surface area (Å²) in [5.74, 6) is -2.23. The number of carbonyl (C=O) groups excluding carboxylic acids is 3. The highest BCUT2D eigenvalue weighted by Crippen LogP contribution is 2.33. The molecule has 3 aromatic carbocycles. The second-order valence-corrected chi connectivity index (χ2v) is 9.69. The standard InChI is InChI=1S/C29H23FN4O4/c30-24-11-10-17(13-25-21-8-4-5-9-22(21)27(36)32-31-25)12-23(24)28(37)33-15-20-14-19(33)16-34(20)29(38)26(35)18-6-2-1-3-7-18/h1-12,19-20H,13-16H2,(H,32,36)/t19-,20-/m0/s1. The molecule has 9 heteroatoms. The van der Waals surface area contributed by atoms with E-state index in [1.165, 1.54) is 17.0 Å². The number of benzene rings is 3. The van der Waals surface area contributed by atoms with Crippen molar-refractivity contribution in [2.45, 2.75) is 24.9 Å². The van der Waals surface area contributed by atoms with Gasteiger partial charge in [0.2, 0.25) is 5.78 Å². The molecular weight excluding hydrogens is 487 g/mol. The van der Waals surface area contributed by atoms with Crippen LogP contribution in [0.2, 0.25) is 0 Å². The lowest BCUT2D eigenvalue weighted by Gasteiger charge is -2.34. The zero-order valence-corrected chi connectivity index (χ0v) is 20.3. The van der Waals surface area contributed by atoms with Gasteiger partial charge in [0.15, 0.2) is 0 Å². The van der Waals surface area contributed by atoms with Crippen LogP contribution in [0.3, 0.4) is 0 Å². The van der Waals surface area contributed by atoms with E-state index in [-0.39, 0.29) is 36.3 Å². The van der Waals surface area contributed by atoms with Crippen LogP contribution in [-0.4, -0.2) is 62.8 Å². The minimum atomic E-state index is -0.631. The zero-order valence-electron chi connectivity index (χ0n) is 20.3. The van der Waals surface area contributed by atoms with Gasteiger partial charge in [0, 0.05) is 30.5 Å². The van der Waals surface area contributed by atoms with Gasteiger partial charge >= 0.3 is 0 Å². The van der Waals surface area contributed by atoms with Crippen LogP contribution in [0.5, 0.6) is 0 Å². The second-order valence-electron chi connectivity index (χ2n) is 9.69. The van der Waals surface area contributed by atoms with Crippen LogP contribution in [0.4, 0.5) is 4.39 Å². The van der Waals surface area contributed by atoms with Gasteiger partial charge in [-0.3, -0.25) is 19.2 Å². The van der Waals surface area contributed by atoms with Gasteiger partial charge in [-0.15, -0.1) is 0 Å². The number of hydrogen-bond donors (Lipinski definition) is 1. The highest BCUT2D eigenvalue weighted by Gasteiger charge is 2.48. The number of nitrogens with zero attached hydrogens (tertiary/aromatic N) is 3. The van der Waals surface area contributed by atoms with Gasteiger partial charge in [0.25, 0.3) is 17.4 Å². The number of carbonyl (C=O) groups is 3. The Kier molecular flexibility index (Phi) is 5.83. The number of ketones is 1. The monoisotopic (exact) mass is 510 g/mol. The number of Topliss-reactive ketones (excluding diaryl/α,β-unsaturated/α-hetero) is 1. The molecule has 0 aliphatic carbocycles. The first kappa shape index (κ1) is 23.7. The first-order chi connectivity index (χ1) is 18.4. The molecule has 3 heterocycles. The average Bonchev–Trinajstić information content (AvgIpc) is 3.56. The maximum absolute atomic E-state index is 14.8. The molecule has 0 saturated carbocycles. The van der Waals surface area contributed by atoms with Gasteiger partial charge in [-0.1, -0.05) is 54.6 Å². The summed E-state index contributed by atoms with van der Waals surface area (Å²) in [5.41, 5.74) is 1.28. The van der Waals surface area contributed by atoms with Crippen molar-refractivity contribution in [2.75, 3.05) is 13.1 Å². The Hall–Kier alpha value is -4.66. The maximum Gasteiger partial charge on any atom is 0.295 e. The van der Waals surface area contributed by atoms with Crippen molar-refractivity contribution in [3.8, 4) is 0 Å². The molecule has 190 valence electrons. The Balaban J connectivity index is 1.19. The van der Waals surface area contributed by atoms with Gasteiger partial charge < -0.3 is 9.80 Å². The number of H-pyrrole nitrogens is 1. The van der Waals surface area contributed by atoms with E-state index in [2.05, 4.69) is 10.2 Å². The third-order valence-corrected chi connectivity index (χ3v) is 7.40. The van der Waals surface area contributed by atoms with Crippen LogP contribution >= 0.6 is 0 Å². The zero-order chi connectivity index (χ0) is 26.4. The summed E-state index contributed by atoms with van der Waals surface area (Å²) in [6, 6.07) is 19.3. The SMILES string of the molecule is O=C(C(=O)N1C[C@@H]2C[C@H]1CN2C(=O)c1cc(Cc2n[nH]c(=O)c3ccccc23)ccc1F)c1ccccc1. The normalized spacial score (nSPS) is 18.2. The molecule has 8 nitrogen and oxygen atoms in total. The Morgan fingerprint density at radius 3 is 2.32 bits per heavy atom. The predicted molar refractivity (Wildman–Crippen MR) is 137 cm³/mol. The van der Waals surface area contributed by atoms with Crippen LogP contribution < -0.4 is 5.56 Å². The van der Waals surface area contributed by atoms with Crippen molar-refractivity contribution in [3.63, 3.8) is 0 Å². The van der Waals surface area contributed by atoms with Gasteiger partial charge in [-0.25, -0.2) is 9.49 Å². The van der Waals surface area contributed by atoms with E-state index in [0.717, 1.165) is 0 Å². The molecule has 2 fully saturated rings. The molecule has 2 aliphatic rings. The molecule has 2 amide bonds. The van der Waals surface area contributed by atoms with Crippen LogP contribution in [0, 0.1) is 5.82 Å². The molecule has 38 heavy (non-hydrogen) atoms. The number of aromatic nitrogens is 2. The second kappa shape index (κ2) is 9.33. The number of likely N-dealkylation sites (tertiary alicyclic amines) is 2. The van der Waals surface area contributed by atoms with Crippen molar-refractivity contribution in [3.05, 3.63) is 111 Å². The van der Waals surface area contributed by atoms with Gasteiger partial charge in [-0.05, 0) is 30.2 Å². The van der Waals surface area contributed by atoms with Gasteiger partial charge in [0.1, 0.15) is 5.82 Å². The largest absolute Gasteiger partial charge is 0.332 e. The summed E-state index contributed by atoms with van der Waals surface area (Å²) in [6.07, 6.45) is 0.849. The summed E-state index contributed by atoms with van der Waals surface area (Å²) >= 11 is 0. The van der Waals surface area contributed by atoms with Crippen LogP contribution in [0.15, 0.2) is 77.6 Å².